The first-order valence-corrected chi connectivity index (χ1v) is 9.51. The van der Waals surface area contributed by atoms with Gasteiger partial charge >= 0.3 is 0 Å². The van der Waals surface area contributed by atoms with Crippen molar-refractivity contribution in [1.29, 1.82) is 0 Å². The number of amides is 2. The maximum atomic E-state index is 13.7. The molecule has 1 fully saturated rings. The molecule has 2 aromatic carbocycles. The second-order valence-electron chi connectivity index (χ2n) is 7.24. The van der Waals surface area contributed by atoms with Gasteiger partial charge in [-0.25, -0.2) is 8.78 Å². The Morgan fingerprint density at radius 1 is 1.07 bits per heavy atom. The highest BCUT2D eigenvalue weighted by Crippen LogP contribution is 2.15. The summed E-state index contributed by atoms with van der Waals surface area (Å²) >= 11 is 0. The Morgan fingerprint density at radius 3 is 2.39 bits per heavy atom. The van der Waals surface area contributed by atoms with Crippen molar-refractivity contribution in [1.82, 2.24) is 10.2 Å². The number of halogens is 2. The van der Waals surface area contributed by atoms with Gasteiger partial charge in [0.15, 0.2) is 0 Å². The Kier molecular flexibility index (Phi) is 6.39. The Hall–Kier alpha value is -2.76. The van der Waals surface area contributed by atoms with Gasteiger partial charge in [0.2, 0.25) is 5.91 Å². The maximum Gasteiger partial charge on any atom is 0.254 e. The van der Waals surface area contributed by atoms with Crippen molar-refractivity contribution in [3.05, 3.63) is 70.8 Å². The van der Waals surface area contributed by atoms with Gasteiger partial charge in [0, 0.05) is 31.6 Å². The summed E-state index contributed by atoms with van der Waals surface area (Å²) in [5.74, 6) is -2.04. The van der Waals surface area contributed by atoms with Crippen LogP contribution in [0, 0.1) is 18.6 Å². The summed E-state index contributed by atoms with van der Waals surface area (Å²) < 4.78 is 26.7. The molecule has 28 heavy (non-hydrogen) atoms. The van der Waals surface area contributed by atoms with Crippen LogP contribution in [0.1, 0.15) is 40.7 Å². The predicted molar refractivity (Wildman–Crippen MR) is 103 cm³/mol. The highest BCUT2D eigenvalue weighted by Gasteiger charge is 2.24. The van der Waals surface area contributed by atoms with Crippen LogP contribution < -0.4 is 5.32 Å². The SMILES string of the molecule is Cc1ccc(CCC(=O)N2CCC(NC(=O)c3ccc(F)cc3F)CC2)cc1. The summed E-state index contributed by atoms with van der Waals surface area (Å²) in [6.07, 6.45) is 2.40. The first-order chi connectivity index (χ1) is 13.4. The van der Waals surface area contributed by atoms with E-state index >= 15 is 0 Å². The molecule has 0 radical (unpaired) electrons. The average Bonchev–Trinajstić information content (AvgIpc) is 2.67. The number of piperidine rings is 1. The highest BCUT2D eigenvalue weighted by molar-refractivity contribution is 5.94. The van der Waals surface area contributed by atoms with Gasteiger partial charge in [0.05, 0.1) is 5.56 Å². The van der Waals surface area contributed by atoms with E-state index in [2.05, 4.69) is 5.32 Å². The number of benzene rings is 2. The molecular formula is C22H24F2N2O2. The van der Waals surface area contributed by atoms with Gasteiger partial charge < -0.3 is 10.2 Å². The number of carbonyl (C=O) groups excluding carboxylic acids is 2. The number of nitrogens with zero attached hydrogens (tertiary/aromatic N) is 1. The molecule has 2 aromatic rings. The minimum atomic E-state index is -0.874. The molecule has 4 nitrogen and oxygen atoms in total. The smallest absolute Gasteiger partial charge is 0.254 e. The quantitative estimate of drug-likeness (QED) is 0.853. The van der Waals surface area contributed by atoms with Crippen LogP contribution in [0.3, 0.4) is 0 Å². The van der Waals surface area contributed by atoms with E-state index in [1.807, 2.05) is 36.1 Å². The second-order valence-corrected chi connectivity index (χ2v) is 7.24. The number of hydrogen-bond donors (Lipinski definition) is 1. The number of carbonyl (C=O) groups is 2. The lowest BCUT2D eigenvalue weighted by atomic mass is 10.0. The molecule has 1 saturated heterocycles. The third-order valence-corrected chi connectivity index (χ3v) is 5.11. The van der Waals surface area contributed by atoms with E-state index in [0.717, 1.165) is 17.7 Å². The molecule has 0 aromatic heterocycles. The monoisotopic (exact) mass is 386 g/mol. The van der Waals surface area contributed by atoms with Crippen molar-refractivity contribution in [2.75, 3.05) is 13.1 Å². The fourth-order valence-corrected chi connectivity index (χ4v) is 3.37. The lowest BCUT2D eigenvalue weighted by Crippen LogP contribution is -2.46. The molecule has 1 N–H and O–H groups in total. The Bertz CT molecular complexity index is 844. The third-order valence-electron chi connectivity index (χ3n) is 5.11. The van der Waals surface area contributed by atoms with E-state index in [1.54, 1.807) is 0 Å². The van der Waals surface area contributed by atoms with Crippen LogP contribution >= 0.6 is 0 Å². The number of likely N-dealkylation sites (tertiary alicyclic amines) is 1. The summed E-state index contributed by atoms with van der Waals surface area (Å²) in [5.41, 5.74) is 2.17. The molecule has 6 heteroatoms. The van der Waals surface area contributed by atoms with Crippen LogP contribution in [0.2, 0.25) is 0 Å². The third kappa shape index (κ3) is 5.15. The first kappa shape index (κ1) is 20.0. The summed E-state index contributed by atoms with van der Waals surface area (Å²) in [4.78, 5) is 26.4. The van der Waals surface area contributed by atoms with Gasteiger partial charge in [-0.2, -0.15) is 0 Å². The van der Waals surface area contributed by atoms with Crippen molar-refractivity contribution in [2.45, 2.75) is 38.6 Å². The van der Waals surface area contributed by atoms with Crippen molar-refractivity contribution in [3.63, 3.8) is 0 Å². The van der Waals surface area contributed by atoms with Crippen LogP contribution in [-0.4, -0.2) is 35.8 Å². The van der Waals surface area contributed by atoms with Crippen LogP contribution in [-0.2, 0) is 11.2 Å². The van der Waals surface area contributed by atoms with Gasteiger partial charge in [-0.05, 0) is 43.9 Å². The number of aryl methyl sites for hydroxylation is 2. The summed E-state index contributed by atoms with van der Waals surface area (Å²) in [5, 5.41) is 2.78. The summed E-state index contributed by atoms with van der Waals surface area (Å²) in [7, 11) is 0. The van der Waals surface area contributed by atoms with Crippen LogP contribution in [0.4, 0.5) is 8.78 Å². The molecule has 0 unspecified atom stereocenters. The molecule has 1 aliphatic heterocycles. The van der Waals surface area contributed by atoms with Crippen molar-refractivity contribution in [2.24, 2.45) is 0 Å². The fraction of sp³-hybridized carbons (Fsp3) is 0.364. The van der Waals surface area contributed by atoms with Gasteiger partial charge in [-0.1, -0.05) is 29.8 Å². The van der Waals surface area contributed by atoms with E-state index in [1.165, 1.54) is 5.56 Å². The molecule has 1 aliphatic rings. The standard InChI is InChI=1S/C22H24F2N2O2/c1-15-2-4-16(5-3-15)6-9-21(27)26-12-10-18(11-13-26)25-22(28)19-8-7-17(23)14-20(19)24/h2-5,7-8,14,18H,6,9-13H2,1H3,(H,25,28). The molecule has 0 atom stereocenters. The van der Waals surface area contributed by atoms with E-state index in [0.29, 0.717) is 44.8 Å². The second kappa shape index (κ2) is 8.95. The van der Waals surface area contributed by atoms with Crippen LogP contribution in [0.5, 0.6) is 0 Å². The topological polar surface area (TPSA) is 49.4 Å². The zero-order valence-electron chi connectivity index (χ0n) is 15.9. The van der Waals surface area contributed by atoms with Crippen molar-refractivity contribution < 1.29 is 18.4 Å². The largest absolute Gasteiger partial charge is 0.349 e. The van der Waals surface area contributed by atoms with Gasteiger partial charge in [-0.15, -0.1) is 0 Å². The van der Waals surface area contributed by atoms with E-state index < -0.39 is 17.5 Å². The fourth-order valence-electron chi connectivity index (χ4n) is 3.37. The molecule has 0 aliphatic carbocycles. The van der Waals surface area contributed by atoms with E-state index in [-0.39, 0.29) is 17.5 Å². The minimum Gasteiger partial charge on any atom is -0.349 e. The van der Waals surface area contributed by atoms with Gasteiger partial charge in [-0.3, -0.25) is 9.59 Å². The molecule has 0 bridgehead atoms. The van der Waals surface area contributed by atoms with Gasteiger partial charge in [0.25, 0.3) is 5.91 Å². The lowest BCUT2D eigenvalue weighted by molar-refractivity contribution is -0.132. The highest BCUT2D eigenvalue weighted by atomic mass is 19.1. The minimum absolute atomic E-state index is 0.106. The number of nitrogens with one attached hydrogen (secondary N) is 1. The molecule has 3 rings (SSSR count). The van der Waals surface area contributed by atoms with Crippen LogP contribution in [0.25, 0.3) is 0 Å². The first-order valence-electron chi connectivity index (χ1n) is 9.51. The molecular weight excluding hydrogens is 362 g/mol. The molecule has 1 heterocycles. The lowest BCUT2D eigenvalue weighted by Gasteiger charge is -2.32. The average molecular weight is 386 g/mol. The Labute approximate surface area is 163 Å². The van der Waals surface area contributed by atoms with Gasteiger partial charge in [0.1, 0.15) is 11.6 Å². The van der Waals surface area contributed by atoms with Crippen molar-refractivity contribution in [3.8, 4) is 0 Å². The van der Waals surface area contributed by atoms with Crippen molar-refractivity contribution >= 4 is 11.8 Å². The molecule has 0 saturated carbocycles. The Balaban J connectivity index is 1.45. The zero-order chi connectivity index (χ0) is 20.1. The van der Waals surface area contributed by atoms with E-state index in [4.69, 9.17) is 0 Å². The number of rotatable bonds is 5. The maximum absolute atomic E-state index is 13.7. The summed E-state index contributed by atoms with van der Waals surface area (Å²) in [6, 6.07) is 10.9. The normalized spacial score (nSPS) is 14.8. The van der Waals surface area contributed by atoms with E-state index in [9.17, 15) is 18.4 Å². The predicted octanol–water partition coefficient (Wildman–Crippen LogP) is 3.63. The Morgan fingerprint density at radius 2 is 1.75 bits per heavy atom. The zero-order valence-corrected chi connectivity index (χ0v) is 15.9. The molecule has 2 amide bonds. The molecule has 148 valence electrons. The number of hydrogen-bond acceptors (Lipinski definition) is 2. The van der Waals surface area contributed by atoms with Crippen LogP contribution in [0.15, 0.2) is 42.5 Å². The molecule has 0 spiro atoms. The summed E-state index contributed by atoms with van der Waals surface area (Å²) in [6.45, 7) is 3.15.